The lowest BCUT2D eigenvalue weighted by atomic mass is 10.0. The molecule has 0 aliphatic heterocycles. The normalized spacial score (nSPS) is 12.1. The molecule has 14 nitrogen and oxygen atoms in total. The Hall–Kier alpha value is -15.0. The van der Waals surface area contributed by atoms with E-state index in [0.29, 0.717) is 0 Å². The van der Waals surface area contributed by atoms with Crippen LogP contribution in [-0.4, -0.2) is 39.9 Å². The molecule has 8 heterocycles. The molecule has 0 bridgehead atoms. The fourth-order valence-corrected chi connectivity index (χ4v) is 19.6. The number of pyridine rings is 2. The number of nitrogens with zero attached hydrogens (tertiary/aromatic N) is 14. The summed E-state index contributed by atoms with van der Waals surface area (Å²) >= 11 is 0. The van der Waals surface area contributed by atoms with Crippen molar-refractivity contribution in [3.63, 3.8) is 0 Å². The highest BCUT2D eigenvalue weighted by Gasteiger charge is 2.36. The van der Waals surface area contributed by atoms with Crippen LogP contribution in [0.3, 0.4) is 0 Å². The second-order valence-electron chi connectivity index (χ2n) is 35.8. The van der Waals surface area contributed by atoms with E-state index in [0.717, 1.165) is 84.9 Å². The van der Waals surface area contributed by atoms with Crippen LogP contribution in [0.5, 0.6) is 0 Å². The van der Waals surface area contributed by atoms with Gasteiger partial charge in [-0.1, -0.05) is 193 Å². The number of benzene rings is 10. The standard InChI is InChI=1S/4C20H19N2.2C18H16N3/c1-13-7-4-5-10-16(13)20-21-18-11-15-9-6-8-14(2)19(15)17(18)12-22(20)3;1-13-7-4-5-9-15(13)20-21-19-11-17-14(2)8-6-10-16(17)18(19)12-22(20)3;1-13-8-9-17-15(10-13)11-19-18(17)12-22(3)20(21-19)16-7-5-4-6-14(16)2;1-13-8-9-15-11-19-18(17(15)10-13)12-22(3)20(21-19)16-7-5-4-6-14(16)2;1-12-5-3-4-6-14(12)18-20-17-9-13-10-19-8-7-15(13)16(17)11-21(18)2;1-12-5-3-4-6-14(12)18-20-17-9-13-7-8-19-10-15(13)16(17)11-21(18)2/h4*4-10,12H,11H2,1-3H3;2*3-8,10-11H,9H2,1-2H3/q6*+1. The zero-order valence-corrected chi connectivity index (χ0v) is 77.2. The molecule has 0 atom stereocenters. The lowest BCUT2D eigenvalue weighted by Gasteiger charge is -2.06. The van der Waals surface area contributed by atoms with E-state index in [1.807, 2.05) is 24.8 Å². The summed E-state index contributed by atoms with van der Waals surface area (Å²) in [6.07, 6.45) is 26.4. The van der Waals surface area contributed by atoms with Crippen LogP contribution in [-0.2, 0) is 80.8 Å². The summed E-state index contributed by atoms with van der Waals surface area (Å²) in [7, 11) is 12.5. The third-order valence-corrected chi connectivity index (χ3v) is 26.5. The monoisotopic (exact) mass is 1700 g/mol. The SMILES string of the molecule is Cc1ccc2c(c1)-c1c[n+](C)c(-c3ccccc3C)nc1C2.Cc1ccc2c(c1)Cc1nc(-c3ccccc3C)[n+](C)cc1-2.Cc1ccccc1-c1nc2c(c[n+]1C)-c1c(C)cccc1C2.Cc1ccccc1-c1nc2c(c[n+]1C)-c1cccc(C)c1C2.Cc1ccccc1-c1nc2c(c[n+]1C)-c1ccncc1C2.Cc1ccccc1-c1nc2c(c[n+]1C)-c1cnccc1C2. The molecule has 0 fully saturated rings. The second kappa shape index (κ2) is 35.3. The first kappa shape index (κ1) is 84.5. The van der Waals surface area contributed by atoms with E-state index in [4.69, 9.17) is 29.9 Å². The number of aryl methyl sites for hydroxylation is 16. The summed E-state index contributed by atoms with van der Waals surface area (Å²) < 4.78 is 12.8. The molecule has 0 N–H and O–H groups in total. The first-order valence-electron chi connectivity index (χ1n) is 45.0. The van der Waals surface area contributed by atoms with Crippen LogP contribution >= 0.6 is 0 Å². The third-order valence-electron chi connectivity index (χ3n) is 26.5. The minimum absolute atomic E-state index is 0.873. The van der Waals surface area contributed by atoms with Gasteiger partial charge in [0, 0.05) is 68.9 Å². The van der Waals surface area contributed by atoms with Crippen molar-refractivity contribution >= 4 is 0 Å². The van der Waals surface area contributed by atoms with E-state index in [2.05, 4.69) is 417 Å². The molecular weight excluding hydrogens is 1590 g/mol. The topological polar surface area (TPSA) is 126 Å². The second-order valence-corrected chi connectivity index (χ2v) is 35.8. The number of hydrogen-bond acceptors (Lipinski definition) is 8. The lowest BCUT2D eigenvalue weighted by Crippen LogP contribution is -2.33. The van der Waals surface area contributed by atoms with Crippen molar-refractivity contribution in [2.24, 2.45) is 42.3 Å². The molecule has 6 aliphatic rings. The van der Waals surface area contributed by atoms with Gasteiger partial charge in [0.1, 0.15) is 37.2 Å². The molecule has 14 heteroatoms. The van der Waals surface area contributed by atoms with Gasteiger partial charge in [0.15, 0.2) is 34.2 Å². The quantitative estimate of drug-likeness (QED) is 0.151. The van der Waals surface area contributed by atoms with E-state index < -0.39 is 0 Å². The lowest BCUT2D eigenvalue weighted by molar-refractivity contribution is -0.662. The average molecular weight is 1700 g/mol. The van der Waals surface area contributed by atoms with Gasteiger partial charge in [-0.2, -0.15) is 0 Å². The Morgan fingerprint density at radius 2 is 0.508 bits per heavy atom. The predicted octanol–water partition coefficient (Wildman–Crippen LogP) is 20.7. The van der Waals surface area contributed by atoms with E-state index in [1.54, 1.807) is 0 Å². The molecule has 0 saturated heterocycles. The molecule has 0 unspecified atom stereocenters. The fourth-order valence-electron chi connectivity index (χ4n) is 19.6. The first-order chi connectivity index (χ1) is 63.0. The van der Waals surface area contributed by atoms with Gasteiger partial charge in [-0.05, 0) is 253 Å². The molecule has 0 saturated carbocycles. The smallest absolute Gasteiger partial charge is 0.264 e. The Morgan fingerprint density at radius 1 is 0.200 bits per heavy atom. The molecule has 0 spiro atoms. The van der Waals surface area contributed by atoms with Gasteiger partial charge < -0.3 is 0 Å². The summed E-state index contributed by atoms with van der Waals surface area (Å²) in [6, 6.07) is 81.2. The molecule has 18 aromatic rings. The van der Waals surface area contributed by atoms with E-state index >= 15 is 0 Å². The minimum Gasteiger partial charge on any atom is -0.264 e. The van der Waals surface area contributed by atoms with Gasteiger partial charge in [0.25, 0.3) is 0 Å². The molecule has 6 aliphatic carbocycles. The Kier molecular flexibility index (Phi) is 22.9. The van der Waals surface area contributed by atoms with E-state index in [9.17, 15) is 0 Å². The van der Waals surface area contributed by atoms with Crippen molar-refractivity contribution < 1.29 is 27.4 Å². The molecule has 636 valence electrons. The maximum absolute atomic E-state index is 5.00. The van der Waals surface area contributed by atoms with Crippen molar-refractivity contribution in [2.45, 2.75) is 108 Å². The van der Waals surface area contributed by atoms with Crippen molar-refractivity contribution in [1.82, 2.24) is 39.9 Å². The van der Waals surface area contributed by atoms with Gasteiger partial charge >= 0.3 is 34.9 Å². The highest BCUT2D eigenvalue weighted by molar-refractivity contribution is 5.82. The highest BCUT2D eigenvalue weighted by atomic mass is 15.1. The number of rotatable bonds is 6. The van der Waals surface area contributed by atoms with Crippen LogP contribution in [0, 0.1) is 69.2 Å². The largest absolute Gasteiger partial charge is 0.330 e. The van der Waals surface area contributed by atoms with E-state index in [1.165, 1.54) is 212 Å². The van der Waals surface area contributed by atoms with Crippen molar-refractivity contribution in [3.05, 3.63) is 416 Å². The van der Waals surface area contributed by atoms with Crippen LogP contribution in [0.25, 0.3) is 135 Å². The van der Waals surface area contributed by atoms with Gasteiger partial charge in [-0.3, -0.25) is 9.97 Å². The fraction of sp³-hybridized carbons (Fsp3) is 0.190. The molecule has 8 aromatic heterocycles. The number of aromatic nitrogens is 14. The third kappa shape index (κ3) is 16.3. The average Bonchev–Trinajstić information content (AvgIpc) is 1.59. The zero-order valence-electron chi connectivity index (χ0n) is 77.2. The Balaban J connectivity index is 0.000000101. The highest BCUT2D eigenvalue weighted by Crippen LogP contribution is 2.43. The first-order valence-corrected chi connectivity index (χ1v) is 45.0. The molecule has 24 rings (SSSR count). The van der Waals surface area contributed by atoms with Crippen LogP contribution in [0.2, 0.25) is 0 Å². The summed E-state index contributed by atoms with van der Waals surface area (Å²) in [6.45, 7) is 21.5. The van der Waals surface area contributed by atoms with Gasteiger partial charge in [-0.15, -0.1) is 0 Å². The summed E-state index contributed by atoms with van der Waals surface area (Å²) in [5, 5.41) is 0. The molecular formula is C116H108N14+6. The van der Waals surface area contributed by atoms with Crippen LogP contribution in [0.1, 0.15) is 123 Å². The summed E-state index contributed by atoms with van der Waals surface area (Å²) in [5.41, 5.74) is 50.7. The summed E-state index contributed by atoms with van der Waals surface area (Å²) in [5.74, 6) is 6.22. The van der Waals surface area contributed by atoms with Crippen molar-refractivity contribution in [2.75, 3.05) is 0 Å². The summed E-state index contributed by atoms with van der Waals surface area (Å²) in [4.78, 5) is 38.3. The maximum Gasteiger partial charge on any atom is 0.330 e. The van der Waals surface area contributed by atoms with E-state index in [-0.39, 0.29) is 0 Å². The van der Waals surface area contributed by atoms with Crippen molar-refractivity contribution in [1.29, 1.82) is 0 Å². The van der Waals surface area contributed by atoms with Gasteiger partial charge in [0.05, 0.1) is 109 Å². The Morgan fingerprint density at radius 3 is 0.962 bits per heavy atom. The van der Waals surface area contributed by atoms with Crippen LogP contribution in [0.4, 0.5) is 0 Å². The molecule has 130 heavy (non-hydrogen) atoms. The molecule has 0 radical (unpaired) electrons. The zero-order chi connectivity index (χ0) is 89.9. The van der Waals surface area contributed by atoms with Crippen LogP contribution < -0.4 is 27.4 Å². The Labute approximate surface area is 763 Å². The minimum atomic E-state index is 0.873. The van der Waals surface area contributed by atoms with Crippen LogP contribution in [0.15, 0.2) is 292 Å². The molecule has 10 aromatic carbocycles. The van der Waals surface area contributed by atoms with Gasteiger partial charge in [0.2, 0.25) is 0 Å². The van der Waals surface area contributed by atoms with Gasteiger partial charge in [-0.25, -0.2) is 27.4 Å². The Bertz CT molecular complexity index is 7430. The number of fused-ring (bicyclic) bond motifs is 18. The van der Waals surface area contributed by atoms with Crippen molar-refractivity contribution in [3.8, 4) is 135 Å². The predicted molar refractivity (Wildman–Crippen MR) is 518 cm³/mol. The number of hydrogen-bond donors (Lipinski definition) is 0. The molecule has 0 amide bonds. The maximum atomic E-state index is 5.00.